The number of hydrazine groups is 1. The molecule has 0 aliphatic heterocycles. The van der Waals surface area contributed by atoms with Crippen LogP contribution in [0, 0.1) is 0 Å². The molecule has 0 aliphatic carbocycles. The van der Waals surface area contributed by atoms with Crippen LogP contribution in [0.2, 0.25) is 0 Å². The lowest BCUT2D eigenvalue weighted by atomic mass is 10.2. The van der Waals surface area contributed by atoms with Crippen LogP contribution in [0.5, 0.6) is 5.75 Å². The first-order chi connectivity index (χ1) is 13.9. The van der Waals surface area contributed by atoms with Gasteiger partial charge < -0.3 is 20.7 Å². The zero-order valence-corrected chi connectivity index (χ0v) is 16.5. The number of hydrogen-bond donors (Lipinski definition) is 5. The first-order valence-corrected chi connectivity index (χ1v) is 9.02. The van der Waals surface area contributed by atoms with Gasteiger partial charge in [-0.25, -0.2) is 4.79 Å². The molecule has 0 fully saturated rings. The highest BCUT2D eigenvalue weighted by Gasteiger charge is 2.09. The van der Waals surface area contributed by atoms with Gasteiger partial charge in [0.25, 0.3) is 11.8 Å². The van der Waals surface area contributed by atoms with Crippen LogP contribution in [0.4, 0.5) is 16.2 Å². The van der Waals surface area contributed by atoms with Crippen LogP contribution in [0.25, 0.3) is 0 Å². The van der Waals surface area contributed by atoms with Crippen molar-refractivity contribution >= 4 is 29.2 Å². The number of methoxy groups -OCH3 is 1. The molecule has 0 aromatic heterocycles. The van der Waals surface area contributed by atoms with Crippen molar-refractivity contribution in [3.05, 3.63) is 54.1 Å². The van der Waals surface area contributed by atoms with E-state index >= 15 is 0 Å². The first kappa shape index (κ1) is 21.5. The minimum atomic E-state index is -0.471. The third-order valence-corrected chi connectivity index (χ3v) is 3.68. The van der Waals surface area contributed by atoms with Gasteiger partial charge in [0.15, 0.2) is 0 Å². The van der Waals surface area contributed by atoms with Crippen molar-refractivity contribution in [1.29, 1.82) is 0 Å². The Kier molecular flexibility index (Phi) is 7.84. The van der Waals surface area contributed by atoms with Crippen LogP contribution in [0.1, 0.15) is 24.2 Å². The van der Waals surface area contributed by atoms with Crippen molar-refractivity contribution in [2.75, 3.05) is 24.3 Å². The van der Waals surface area contributed by atoms with Gasteiger partial charge in [-0.05, 0) is 62.4 Å². The summed E-state index contributed by atoms with van der Waals surface area (Å²) >= 11 is 0. The van der Waals surface area contributed by atoms with Crippen LogP contribution >= 0.6 is 0 Å². The lowest BCUT2D eigenvalue weighted by molar-refractivity contribution is -0.120. The molecule has 0 atom stereocenters. The molecule has 9 heteroatoms. The molecule has 5 N–H and O–H groups in total. The molecule has 4 amide bonds. The van der Waals surface area contributed by atoms with Crippen LogP contribution in [0.3, 0.4) is 0 Å². The second-order valence-corrected chi connectivity index (χ2v) is 6.41. The highest BCUT2D eigenvalue weighted by molar-refractivity contribution is 5.96. The van der Waals surface area contributed by atoms with Gasteiger partial charge in [-0.3, -0.25) is 20.4 Å². The molecule has 2 rings (SSSR count). The SMILES string of the molecule is COc1ccc(NCC(=O)NNC(=O)c2ccc(NC(=O)NC(C)C)cc2)cc1. The number of ether oxygens (including phenoxy) is 1. The average molecular weight is 399 g/mol. The zero-order valence-electron chi connectivity index (χ0n) is 16.5. The molecule has 0 spiro atoms. The Labute approximate surface area is 169 Å². The molecule has 29 heavy (non-hydrogen) atoms. The van der Waals surface area contributed by atoms with Crippen LogP contribution in [0.15, 0.2) is 48.5 Å². The van der Waals surface area contributed by atoms with E-state index < -0.39 is 11.8 Å². The van der Waals surface area contributed by atoms with Gasteiger partial charge in [0.05, 0.1) is 13.7 Å². The summed E-state index contributed by atoms with van der Waals surface area (Å²) < 4.78 is 5.06. The van der Waals surface area contributed by atoms with Gasteiger partial charge in [0, 0.05) is 23.0 Å². The topological polar surface area (TPSA) is 121 Å². The van der Waals surface area contributed by atoms with Crippen LogP contribution in [-0.4, -0.2) is 37.5 Å². The second kappa shape index (κ2) is 10.5. The third-order valence-electron chi connectivity index (χ3n) is 3.68. The van der Waals surface area contributed by atoms with E-state index in [4.69, 9.17) is 4.74 Å². The summed E-state index contributed by atoms with van der Waals surface area (Å²) in [6, 6.07) is 13.1. The summed E-state index contributed by atoms with van der Waals surface area (Å²) in [6.45, 7) is 3.70. The molecule has 0 heterocycles. The molecule has 2 aromatic carbocycles. The highest BCUT2D eigenvalue weighted by atomic mass is 16.5. The maximum Gasteiger partial charge on any atom is 0.319 e. The summed E-state index contributed by atoms with van der Waals surface area (Å²) in [5.74, 6) is -0.159. The van der Waals surface area contributed by atoms with E-state index in [0.717, 1.165) is 5.69 Å². The number of benzene rings is 2. The lowest BCUT2D eigenvalue weighted by Gasteiger charge is -2.11. The third kappa shape index (κ3) is 7.41. The molecule has 0 bridgehead atoms. The fraction of sp³-hybridized carbons (Fsp3) is 0.250. The molecule has 0 unspecified atom stereocenters. The number of anilines is 2. The Bertz CT molecular complexity index is 835. The maximum absolute atomic E-state index is 12.1. The zero-order chi connectivity index (χ0) is 21.2. The van der Waals surface area contributed by atoms with E-state index in [1.807, 2.05) is 13.8 Å². The fourth-order valence-corrected chi connectivity index (χ4v) is 2.27. The molecule has 154 valence electrons. The van der Waals surface area contributed by atoms with E-state index in [1.54, 1.807) is 55.6 Å². The van der Waals surface area contributed by atoms with E-state index in [9.17, 15) is 14.4 Å². The highest BCUT2D eigenvalue weighted by Crippen LogP contribution is 2.14. The van der Waals surface area contributed by atoms with Gasteiger partial charge >= 0.3 is 6.03 Å². The molecule has 0 radical (unpaired) electrons. The van der Waals surface area contributed by atoms with Crippen molar-refractivity contribution in [3.63, 3.8) is 0 Å². The minimum absolute atomic E-state index is 0.0135. The summed E-state index contributed by atoms with van der Waals surface area (Å²) in [5.41, 5.74) is 6.31. The van der Waals surface area contributed by atoms with Crippen molar-refractivity contribution in [2.24, 2.45) is 0 Å². The fourth-order valence-electron chi connectivity index (χ4n) is 2.27. The van der Waals surface area contributed by atoms with E-state index in [1.165, 1.54) is 0 Å². The Morgan fingerprint density at radius 2 is 1.52 bits per heavy atom. The summed E-state index contributed by atoms with van der Waals surface area (Å²) in [7, 11) is 1.58. The van der Waals surface area contributed by atoms with Crippen molar-refractivity contribution in [1.82, 2.24) is 16.2 Å². The quantitative estimate of drug-likeness (QED) is 0.457. The van der Waals surface area contributed by atoms with Gasteiger partial charge in [-0.1, -0.05) is 0 Å². The molecule has 0 aliphatic rings. The molecule has 0 saturated carbocycles. The summed E-state index contributed by atoms with van der Waals surface area (Å²) in [5, 5.41) is 8.30. The molecular formula is C20H25N5O4. The Morgan fingerprint density at radius 3 is 2.10 bits per heavy atom. The smallest absolute Gasteiger partial charge is 0.319 e. The first-order valence-electron chi connectivity index (χ1n) is 9.02. The number of urea groups is 1. The van der Waals surface area contributed by atoms with Crippen molar-refractivity contribution in [3.8, 4) is 5.75 Å². The molecule has 2 aromatic rings. The predicted octanol–water partition coefficient (Wildman–Crippen LogP) is 2.10. The average Bonchev–Trinajstić information content (AvgIpc) is 2.70. The Morgan fingerprint density at radius 1 is 0.897 bits per heavy atom. The van der Waals surface area contributed by atoms with E-state index in [-0.39, 0.29) is 18.6 Å². The van der Waals surface area contributed by atoms with Crippen LogP contribution < -0.4 is 31.5 Å². The summed E-state index contributed by atoms with van der Waals surface area (Å²) in [4.78, 5) is 35.6. The number of rotatable bonds is 7. The molecule has 0 saturated heterocycles. The van der Waals surface area contributed by atoms with Gasteiger partial charge in [-0.15, -0.1) is 0 Å². The Hall–Kier alpha value is -3.75. The largest absolute Gasteiger partial charge is 0.497 e. The van der Waals surface area contributed by atoms with E-state index in [2.05, 4.69) is 26.8 Å². The van der Waals surface area contributed by atoms with Gasteiger partial charge in [0.1, 0.15) is 5.75 Å². The van der Waals surface area contributed by atoms with Crippen molar-refractivity contribution in [2.45, 2.75) is 19.9 Å². The number of nitrogens with one attached hydrogen (secondary N) is 5. The molecule has 9 nitrogen and oxygen atoms in total. The maximum atomic E-state index is 12.1. The number of carbonyl (C=O) groups excluding carboxylic acids is 3. The second-order valence-electron chi connectivity index (χ2n) is 6.41. The van der Waals surface area contributed by atoms with Gasteiger partial charge in [0.2, 0.25) is 0 Å². The summed E-state index contributed by atoms with van der Waals surface area (Å²) in [6.07, 6.45) is 0. The minimum Gasteiger partial charge on any atom is -0.497 e. The monoisotopic (exact) mass is 399 g/mol. The standard InChI is InChI=1S/C20H25N5O4/c1-13(2)22-20(28)23-16-6-4-14(5-7-16)19(27)25-24-18(26)12-21-15-8-10-17(29-3)11-9-15/h4-11,13,21H,12H2,1-3H3,(H,24,26)(H,25,27)(H2,22,23,28). The van der Waals surface area contributed by atoms with Crippen molar-refractivity contribution < 1.29 is 19.1 Å². The number of carbonyl (C=O) groups is 3. The van der Waals surface area contributed by atoms with E-state index in [0.29, 0.717) is 17.0 Å². The van der Waals surface area contributed by atoms with Crippen LogP contribution in [-0.2, 0) is 4.79 Å². The lowest BCUT2D eigenvalue weighted by Crippen LogP contribution is -2.44. The van der Waals surface area contributed by atoms with Gasteiger partial charge in [-0.2, -0.15) is 0 Å². The normalized spacial score (nSPS) is 10.1. The Balaban J connectivity index is 1.76. The molecular weight excluding hydrogens is 374 g/mol. The number of hydrogen-bond acceptors (Lipinski definition) is 5. The number of amides is 4. The predicted molar refractivity (Wildman–Crippen MR) is 111 cm³/mol.